The van der Waals surface area contributed by atoms with Crippen LogP contribution in [0.1, 0.15) is 53.3 Å². The number of anilines is 1. The van der Waals surface area contributed by atoms with Gasteiger partial charge in [0.15, 0.2) is 15.3 Å². The number of amides is 1. The van der Waals surface area contributed by atoms with Gasteiger partial charge in [-0.15, -0.1) is 0 Å². The number of pyridine rings is 2. The second kappa shape index (κ2) is 9.03. The summed E-state index contributed by atoms with van der Waals surface area (Å²) in [6, 6.07) is 14.9. The molecule has 2 atom stereocenters. The number of rotatable bonds is 4. The number of aryl methyl sites for hydroxylation is 1. The number of benzene rings is 1. The summed E-state index contributed by atoms with van der Waals surface area (Å²) in [5.41, 5.74) is 2.73. The lowest BCUT2D eigenvalue weighted by Gasteiger charge is -2.37. The molecular formula is C25H26N4O3S. The molecule has 1 fully saturated rings. The second-order valence-corrected chi connectivity index (χ2v) is 10.3. The lowest BCUT2D eigenvalue weighted by Crippen LogP contribution is -2.41. The van der Waals surface area contributed by atoms with E-state index in [0.717, 1.165) is 24.8 Å². The monoisotopic (exact) mass is 462 g/mol. The Morgan fingerprint density at radius 2 is 1.88 bits per heavy atom. The largest absolute Gasteiger partial charge is 0.588 e. The van der Waals surface area contributed by atoms with Crippen LogP contribution in [-0.4, -0.2) is 38.4 Å². The first kappa shape index (κ1) is 21.7. The van der Waals surface area contributed by atoms with E-state index in [1.54, 1.807) is 24.5 Å². The zero-order valence-electron chi connectivity index (χ0n) is 18.3. The van der Waals surface area contributed by atoms with Crippen molar-refractivity contribution in [3.8, 4) is 0 Å². The van der Waals surface area contributed by atoms with E-state index < -0.39 is 10.4 Å². The molecule has 4 heterocycles. The fraction of sp³-hybridized carbons (Fsp3) is 0.320. The molecule has 2 aromatic heterocycles. The third-order valence-corrected chi connectivity index (χ3v) is 8.20. The summed E-state index contributed by atoms with van der Waals surface area (Å²) < 4.78 is 28.0. The molecule has 1 amide bonds. The minimum atomic E-state index is -3.79. The van der Waals surface area contributed by atoms with Crippen LogP contribution in [0.4, 0.5) is 5.69 Å². The molecule has 1 saturated heterocycles. The van der Waals surface area contributed by atoms with Crippen molar-refractivity contribution in [2.45, 2.75) is 43.0 Å². The van der Waals surface area contributed by atoms with Gasteiger partial charge in [-0.2, -0.15) is 4.31 Å². The van der Waals surface area contributed by atoms with Crippen LogP contribution in [0.25, 0.3) is 0 Å². The van der Waals surface area contributed by atoms with Crippen LogP contribution in [-0.2, 0) is 21.0 Å². The van der Waals surface area contributed by atoms with Crippen molar-refractivity contribution in [1.29, 1.82) is 0 Å². The molecule has 0 aliphatic carbocycles. The number of hydrogen-bond donors (Lipinski definition) is 0. The van der Waals surface area contributed by atoms with Crippen LogP contribution < -0.4 is 4.31 Å². The van der Waals surface area contributed by atoms with Crippen molar-refractivity contribution >= 4 is 22.0 Å². The zero-order chi connectivity index (χ0) is 22.8. The molecule has 5 rings (SSSR count). The van der Waals surface area contributed by atoms with Crippen LogP contribution in [0.2, 0.25) is 0 Å². The summed E-state index contributed by atoms with van der Waals surface area (Å²) >= 11 is 0. The van der Waals surface area contributed by atoms with Crippen molar-refractivity contribution in [3.05, 3.63) is 83.9 Å². The highest BCUT2D eigenvalue weighted by Crippen LogP contribution is 2.36. The van der Waals surface area contributed by atoms with Gasteiger partial charge in [0.1, 0.15) is 5.69 Å². The Bertz CT molecular complexity index is 1190. The molecule has 1 unspecified atom stereocenters. The van der Waals surface area contributed by atoms with Crippen LogP contribution in [0.3, 0.4) is 0 Å². The number of sulfonamides is 1. The van der Waals surface area contributed by atoms with Crippen molar-refractivity contribution < 1.29 is 13.6 Å². The van der Waals surface area contributed by atoms with E-state index in [9.17, 15) is 13.6 Å². The lowest BCUT2D eigenvalue weighted by molar-refractivity contribution is 0.0611. The van der Waals surface area contributed by atoms with Crippen LogP contribution in [0.15, 0.2) is 72.0 Å². The van der Waals surface area contributed by atoms with E-state index in [-0.39, 0.29) is 16.8 Å². The van der Waals surface area contributed by atoms with Crippen molar-refractivity contribution in [3.63, 3.8) is 0 Å². The second-order valence-electron chi connectivity index (χ2n) is 8.48. The van der Waals surface area contributed by atoms with Gasteiger partial charge in [0, 0.05) is 18.9 Å². The molecule has 0 bridgehead atoms. The van der Waals surface area contributed by atoms with Gasteiger partial charge >= 0.3 is 0 Å². The normalized spacial score (nSPS) is 20.1. The summed E-state index contributed by atoms with van der Waals surface area (Å²) in [7, 11) is -3.79. The first-order chi connectivity index (χ1) is 16.1. The van der Waals surface area contributed by atoms with Gasteiger partial charge in [0.25, 0.3) is 5.91 Å². The van der Waals surface area contributed by atoms with Gasteiger partial charge < -0.3 is 9.45 Å². The van der Waals surface area contributed by atoms with Crippen LogP contribution in [0.5, 0.6) is 0 Å². The van der Waals surface area contributed by atoms with Crippen molar-refractivity contribution in [2.24, 2.45) is 0 Å². The molecule has 3 aromatic rings. The fourth-order valence-electron chi connectivity index (χ4n) is 4.76. The van der Waals surface area contributed by atoms with Gasteiger partial charge in [-0.25, -0.2) is 0 Å². The molecule has 170 valence electrons. The highest BCUT2D eigenvalue weighted by molar-refractivity contribution is 7.99. The summed E-state index contributed by atoms with van der Waals surface area (Å²) in [5, 5.41) is 0. The van der Waals surface area contributed by atoms with E-state index in [1.165, 1.54) is 16.6 Å². The summed E-state index contributed by atoms with van der Waals surface area (Å²) in [4.78, 5) is 24.1. The van der Waals surface area contributed by atoms with E-state index in [2.05, 4.69) is 22.1 Å². The minimum Gasteiger partial charge on any atom is -0.588 e. The maximum absolute atomic E-state index is 13.6. The maximum atomic E-state index is 13.6. The first-order valence-electron chi connectivity index (χ1n) is 11.3. The number of nitrogens with zero attached hydrogens (tertiary/aromatic N) is 4. The standard InChI is InChI=1S/C25H26N4O3S/c30-25(28-14-5-4-12-23(28)19-8-2-1-3-9-19)20-16-24-22(27-17-20)11-7-15-29(24)33(31,32)21-10-6-13-26-18-21/h1-3,6,8-10,13,16-18,23H,4-5,7,11-12,14-15H2/t23-/m1/s1. The predicted molar refractivity (Wildman–Crippen MR) is 125 cm³/mol. The Morgan fingerprint density at radius 3 is 2.67 bits per heavy atom. The van der Waals surface area contributed by atoms with Gasteiger partial charge in [0.05, 0.1) is 30.0 Å². The molecule has 33 heavy (non-hydrogen) atoms. The van der Waals surface area contributed by atoms with Crippen LogP contribution in [0, 0.1) is 0 Å². The molecule has 0 spiro atoms. The van der Waals surface area contributed by atoms with Crippen molar-refractivity contribution in [1.82, 2.24) is 14.9 Å². The third kappa shape index (κ3) is 4.16. The molecule has 2 aliphatic heterocycles. The van der Waals surface area contributed by atoms with Gasteiger partial charge in [-0.05, 0) is 55.9 Å². The molecule has 0 saturated carbocycles. The Morgan fingerprint density at radius 1 is 1.03 bits per heavy atom. The van der Waals surface area contributed by atoms with Crippen molar-refractivity contribution in [2.75, 3.05) is 17.4 Å². The Balaban J connectivity index is 1.49. The SMILES string of the molecule is O=C(c1cnc2c(c1)N([S+](=O)([O-])c1cccnc1)CCC2)N1CCCC[C@@H]1c1ccccc1. The number of carbonyl (C=O) groups excluding carboxylic acids is 1. The van der Waals surface area contributed by atoms with Gasteiger partial charge in [-0.1, -0.05) is 34.5 Å². The number of aromatic nitrogens is 2. The zero-order valence-corrected chi connectivity index (χ0v) is 19.1. The predicted octanol–water partition coefficient (Wildman–Crippen LogP) is 4.20. The summed E-state index contributed by atoms with van der Waals surface area (Å²) in [6.07, 6.45) is 8.78. The smallest absolute Gasteiger partial charge is 0.256 e. The number of likely N-dealkylation sites (tertiary alicyclic amines) is 1. The van der Waals surface area contributed by atoms with E-state index in [4.69, 9.17) is 0 Å². The minimum absolute atomic E-state index is 0.0127. The quantitative estimate of drug-likeness (QED) is 0.542. The highest BCUT2D eigenvalue weighted by Gasteiger charge is 2.36. The molecule has 0 N–H and O–H groups in total. The summed E-state index contributed by atoms with van der Waals surface area (Å²) in [5.74, 6) is -0.108. The van der Waals surface area contributed by atoms with E-state index in [1.807, 2.05) is 23.1 Å². The molecule has 7 nitrogen and oxygen atoms in total. The Labute approximate surface area is 194 Å². The van der Waals surface area contributed by atoms with Gasteiger partial charge in [-0.3, -0.25) is 14.8 Å². The molecule has 2 aliphatic rings. The number of hydrogen-bond acceptors (Lipinski definition) is 5. The molecule has 0 radical (unpaired) electrons. The Hall–Kier alpha value is -3.10. The topological polar surface area (TPSA) is 89.5 Å². The number of carbonyl (C=O) groups is 1. The maximum Gasteiger partial charge on any atom is 0.256 e. The molecule has 1 aromatic carbocycles. The van der Waals surface area contributed by atoms with E-state index in [0.29, 0.717) is 42.9 Å². The average molecular weight is 463 g/mol. The molecular weight excluding hydrogens is 436 g/mol. The fourth-order valence-corrected chi connectivity index (χ4v) is 6.24. The number of fused-ring (bicyclic) bond motifs is 1. The average Bonchev–Trinajstić information content (AvgIpc) is 2.88. The highest BCUT2D eigenvalue weighted by atomic mass is 32.3. The Kier molecular flexibility index (Phi) is 5.95. The summed E-state index contributed by atoms with van der Waals surface area (Å²) in [6.45, 7) is 1.02. The lowest BCUT2D eigenvalue weighted by atomic mass is 9.94. The molecule has 8 heteroatoms. The first-order valence-corrected chi connectivity index (χ1v) is 12.8. The van der Waals surface area contributed by atoms with E-state index >= 15 is 0 Å². The third-order valence-electron chi connectivity index (χ3n) is 6.41. The number of piperidine rings is 1. The van der Waals surface area contributed by atoms with Crippen LogP contribution >= 0.6 is 0 Å². The van der Waals surface area contributed by atoms with Gasteiger partial charge in [0.2, 0.25) is 0 Å².